The molecule has 0 atom stereocenters. The molecule has 0 unspecified atom stereocenters. The summed E-state index contributed by atoms with van der Waals surface area (Å²) in [6, 6.07) is 3.53. The normalized spacial score (nSPS) is 14.7. The van der Waals surface area contributed by atoms with E-state index in [2.05, 4.69) is 5.32 Å². The summed E-state index contributed by atoms with van der Waals surface area (Å²) in [4.78, 5) is 27.4. The number of benzene rings is 1. The molecule has 0 bridgehead atoms. The lowest BCUT2D eigenvalue weighted by molar-refractivity contribution is -0.131. The van der Waals surface area contributed by atoms with Gasteiger partial charge in [0, 0.05) is 51.3 Å². The Bertz CT molecular complexity index is 642. The van der Waals surface area contributed by atoms with Gasteiger partial charge in [0.2, 0.25) is 11.8 Å². The number of methoxy groups -OCH3 is 3. The van der Waals surface area contributed by atoms with Gasteiger partial charge in [0.15, 0.2) is 11.5 Å². The molecule has 1 aliphatic heterocycles. The summed E-state index contributed by atoms with van der Waals surface area (Å²) >= 11 is 0. The van der Waals surface area contributed by atoms with Gasteiger partial charge in [-0.2, -0.15) is 0 Å². The lowest BCUT2D eigenvalue weighted by atomic mass is 10.1. The van der Waals surface area contributed by atoms with Crippen LogP contribution in [0.3, 0.4) is 0 Å². The lowest BCUT2D eigenvalue weighted by Gasteiger charge is -2.33. The van der Waals surface area contributed by atoms with Crippen LogP contribution in [0.25, 0.3) is 0 Å². The molecule has 0 aromatic heterocycles. The molecule has 144 valence electrons. The van der Waals surface area contributed by atoms with Crippen molar-refractivity contribution in [2.45, 2.75) is 13.5 Å². The van der Waals surface area contributed by atoms with Gasteiger partial charge in [-0.3, -0.25) is 14.5 Å². The Kier molecular flexibility index (Phi) is 7.08. The van der Waals surface area contributed by atoms with Gasteiger partial charge < -0.3 is 24.4 Å². The highest BCUT2D eigenvalue weighted by atomic mass is 16.5. The molecule has 1 N–H and O–H groups in total. The third kappa shape index (κ3) is 5.01. The summed E-state index contributed by atoms with van der Waals surface area (Å²) < 4.78 is 15.9. The summed E-state index contributed by atoms with van der Waals surface area (Å²) in [6.07, 6.45) is 0. The maximum Gasteiger partial charge on any atom is 0.234 e. The molecule has 8 nitrogen and oxygen atoms in total. The summed E-state index contributed by atoms with van der Waals surface area (Å²) in [5, 5.41) is 2.91. The van der Waals surface area contributed by atoms with Gasteiger partial charge in [-0.1, -0.05) is 0 Å². The number of rotatable bonds is 7. The van der Waals surface area contributed by atoms with E-state index in [-0.39, 0.29) is 11.8 Å². The highest BCUT2D eigenvalue weighted by molar-refractivity contribution is 5.78. The molecular weight excluding hydrogens is 338 g/mol. The zero-order chi connectivity index (χ0) is 19.1. The Morgan fingerprint density at radius 3 is 2.08 bits per heavy atom. The van der Waals surface area contributed by atoms with Gasteiger partial charge >= 0.3 is 0 Å². The number of piperazine rings is 1. The van der Waals surface area contributed by atoms with E-state index in [0.29, 0.717) is 56.5 Å². The van der Waals surface area contributed by atoms with Crippen LogP contribution < -0.4 is 19.5 Å². The molecule has 8 heteroatoms. The topological polar surface area (TPSA) is 80.3 Å². The quantitative estimate of drug-likeness (QED) is 0.758. The minimum Gasteiger partial charge on any atom is -0.496 e. The van der Waals surface area contributed by atoms with Crippen molar-refractivity contribution in [3.63, 3.8) is 0 Å². The van der Waals surface area contributed by atoms with Crippen molar-refractivity contribution in [2.75, 3.05) is 54.1 Å². The van der Waals surface area contributed by atoms with Crippen LogP contribution in [0.2, 0.25) is 0 Å². The fourth-order valence-electron chi connectivity index (χ4n) is 2.90. The van der Waals surface area contributed by atoms with E-state index in [0.717, 1.165) is 5.56 Å². The minimum absolute atomic E-state index is 0.0712. The third-order valence-electron chi connectivity index (χ3n) is 4.45. The minimum atomic E-state index is -0.0712. The van der Waals surface area contributed by atoms with E-state index in [1.165, 1.54) is 0 Å². The Morgan fingerprint density at radius 2 is 1.54 bits per heavy atom. The number of amides is 2. The predicted octanol–water partition coefficient (Wildman–Crippen LogP) is 0.493. The first-order valence-corrected chi connectivity index (χ1v) is 8.52. The second-order valence-electron chi connectivity index (χ2n) is 6.08. The number of carbonyl (C=O) groups is 2. The summed E-state index contributed by atoms with van der Waals surface area (Å²) in [6.45, 7) is 4.92. The lowest BCUT2D eigenvalue weighted by Crippen LogP contribution is -2.50. The Labute approximate surface area is 154 Å². The van der Waals surface area contributed by atoms with E-state index in [4.69, 9.17) is 14.2 Å². The SMILES string of the molecule is COc1cc(OC)c(OC)cc1CNC(=O)CN1CCN(C(C)=O)CC1. The molecule has 1 fully saturated rings. The van der Waals surface area contributed by atoms with Crippen LogP contribution in [-0.2, 0) is 16.1 Å². The van der Waals surface area contributed by atoms with Crippen molar-refractivity contribution < 1.29 is 23.8 Å². The first kappa shape index (κ1) is 19.8. The fraction of sp³-hybridized carbons (Fsp3) is 0.556. The molecule has 0 spiro atoms. The number of nitrogens with one attached hydrogen (secondary N) is 1. The van der Waals surface area contributed by atoms with E-state index in [1.807, 2.05) is 4.90 Å². The monoisotopic (exact) mass is 365 g/mol. The molecule has 2 amide bonds. The molecule has 1 aromatic rings. The standard InChI is InChI=1S/C18H27N3O5/c1-13(22)21-7-5-20(6-8-21)12-18(23)19-11-14-9-16(25-3)17(26-4)10-15(14)24-2/h9-10H,5-8,11-12H2,1-4H3,(H,19,23). The zero-order valence-corrected chi connectivity index (χ0v) is 15.8. The second kappa shape index (κ2) is 9.28. The zero-order valence-electron chi connectivity index (χ0n) is 15.8. The number of carbonyl (C=O) groups excluding carboxylic acids is 2. The number of nitrogens with zero attached hydrogens (tertiary/aromatic N) is 2. The first-order valence-electron chi connectivity index (χ1n) is 8.52. The van der Waals surface area contributed by atoms with E-state index in [9.17, 15) is 9.59 Å². The molecule has 1 heterocycles. The average molecular weight is 365 g/mol. The van der Waals surface area contributed by atoms with Crippen LogP contribution in [0.15, 0.2) is 12.1 Å². The molecular formula is C18H27N3O5. The molecule has 1 aliphatic rings. The smallest absolute Gasteiger partial charge is 0.234 e. The van der Waals surface area contributed by atoms with Gasteiger partial charge in [-0.25, -0.2) is 0 Å². The maximum atomic E-state index is 12.2. The van der Waals surface area contributed by atoms with E-state index >= 15 is 0 Å². The van der Waals surface area contributed by atoms with Crippen molar-refractivity contribution >= 4 is 11.8 Å². The fourth-order valence-corrected chi connectivity index (χ4v) is 2.90. The van der Waals surface area contributed by atoms with Gasteiger partial charge in [0.25, 0.3) is 0 Å². The van der Waals surface area contributed by atoms with Crippen molar-refractivity contribution in [3.05, 3.63) is 17.7 Å². The molecule has 26 heavy (non-hydrogen) atoms. The summed E-state index contributed by atoms with van der Waals surface area (Å²) in [7, 11) is 4.69. The highest BCUT2D eigenvalue weighted by Crippen LogP contribution is 2.34. The van der Waals surface area contributed by atoms with Gasteiger partial charge in [0.05, 0.1) is 27.9 Å². The molecule has 0 radical (unpaired) electrons. The van der Waals surface area contributed by atoms with Crippen LogP contribution in [0.4, 0.5) is 0 Å². The highest BCUT2D eigenvalue weighted by Gasteiger charge is 2.20. The summed E-state index contributed by atoms with van der Waals surface area (Å²) in [5.74, 6) is 1.78. The number of hydrogen-bond acceptors (Lipinski definition) is 6. The van der Waals surface area contributed by atoms with E-state index < -0.39 is 0 Å². The van der Waals surface area contributed by atoms with Gasteiger partial charge in [-0.15, -0.1) is 0 Å². The predicted molar refractivity (Wildman–Crippen MR) is 96.6 cm³/mol. The molecule has 1 saturated heterocycles. The molecule has 2 rings (SSSR count). The maximum absolute atomic E-state index is 12.2. The van der Waals surface area contributed by atoms with Crippen LogP contribution >= 0.6 is 0 Å². The number of ether oxygens (including phenoxy) is 3. The largest absolute Gasteiger partial charge is 0.496 e. The third-order valence-corrected chi connectivity index (χ3v) is 4.45. The number of hydrogen-bond donors (Lipinski definition) is 1. The van der Waals surface area contributed by atoms with Gasteiger partial charge in [-0.05, 0) is 6.07 Å². The van der Waals surface area contributed by atoms with Crippen molar-refractivity contribution in [2.24, 2.45) is 0 Å². The molecule has 1 aromatic carbocycles. The van der Waals surface area contributed by atoms with Crippen LogP contribution in [0.5, 0.6) is 17.2 Å². The Morgan fingerprint density at radius 1 is 0.962 bits per heavy atom. The van der Waals surface area contributed by atoms with Crippen molar-refractivity contribution in [1.82, 2.24) is 15.1 Å². The first-order chi connectivity index (χ1) is 12.5. The van der Waals surface area contributed by atoms with Crippen LogP contribution in [-0.4, -0.2) is 75.7 Å². The van der Waals surface area contributed by atoms with Crippen LogP contribution in [0.1, 0.15) is 12.5 Å². The van der Waals surface area contributed by atoms with Crippen molar-refractivity contribution in [1.29, 1.82) is 0 Å². The second-order valence-corrected chi connectivity index (χ2v) is 6.08. The Hall–Kier alpha value is -2.48. The van der Waals surface area contributed by atoms with Gasteiger partial charge in [0.1, 0.15) is 5.75 Å². The Balaban J connectivity index is 1.90. The molecule has 0 aliphatic carbocycles. The molecule has 0 saturated carbocycles. The van der Waals surface area contributed by atoms with Crippen LogP contribution in [0, 0.1) is 0 Å². The van der Waals surface area contributed by atoms with E-state index in [1.54, 1.807) is 45.3 Å². The average Bonchev–Trinajstić information content (AvgIpc) is 2.65. The summed E-state index contributed by atoms with van der Waals surface area (Å²) in [5.41, 5.74) is 0.805. The van der Waals surface area contributed by atoms with Crippen molar-refractivity contribution in [3.8, 4) is 17.2 Å².